The van der Waals surface area contributed by atoms with Crippen LogP contribution in [0.1, 0.15) is 97.3 Å². The van der Waals surface area contributed by atoms with Crippen molar-refractivity contribution in [2.24, 2.45) is 0 Å². The lowest BCUT2D eigenvalue weighted by atomic mass is 10.1. The summed E-state index contributed by atoms with van der Waals surface area (Å²) >= 11 is 0. The largest absolute Gasteiger partial charge is 0.469 e. The van der Waals surface area contributed by atoms with Crippen molar-refractivity contribution in [1.29, 1.82) is 0 Å². The van der Waals surface area contributed by atoms with E-state index in [0.29, 0.717) is 12.8 Å². The molecule has 0 bridgehead atoms. The Morgan fingerprint density at radius 2 is 1.37 bits per heavy atom. The third kappa shape index (κ3) is 25.2. The maximum atomic E-state index is 12.1. The molecule has 8 nitrogen and oxygen atoms in total. The maximum absolute atomic E-state index is 12.1. The van der Waals surface area contributed by atoms with E-state index in [-0.39, 0.29) is 19.4 Å². The Morgan fingerprint density at radius 1 is 0.771 bits per heavy atom. The molecule has 0 saturated carbocycles. The van der Waals surface area contributed by atoms with Gasteiger partial charge in [-0.25, -0.2) is 4.57 Å². The van der Waals surface area contributed by atoms with Crippen LogP contribution in [0.15, 0.2) is 36.5 Å². The number of hydrogen-bond acceptors (Lipinski definition) is 6. The molecule has 0 heterocycles. The molecule has 0 radical (unpaired) electrons. The molecule has 0 amide bonds. The fourth-order valence-electron chi connectivity index (χ4n) is 3.03. The number of unbranched alkanes of at least 4 members (excludes halogenated alkanes) is 6. The lowest BCUT2D eigenvalue weighted by molar-refractivity contribution is -0.161. The first-order chi connectivity index (χ1) is 16.8. The van der Waals surface area contributed by atoms with Crippen molar-refractivity contribution >= 4 is 19.8 Å². The van der Waals surface area contributed by atoms with E-state index in [9.17, 15) is 14.2 Å². The quantitative estimate of drug-likeness (QED) is 0.0741. The number of carbonyl (C=O) groups is 2. The minimum Gasteiger partial charge on any atom is -0.462 e. The summed E-state index contributed by atoms with van der Waals surface area (Å²) in [6.45, 7) is 3.34. The van der Waals surface area contributed by atoms with Gasteiger partial charge in [-0.3, -0.25) is 14.1 Å². The summed E-state index contributed by atoms with van der Waals surface area (Å²) in [7, 11) is -4.73. The van der Waals surface area contributed by atoms with E-state index in [1.54, 1.807) is 0 Å². The van der Waals surface area contributed by atoms with E-state index in [1.165, 1.54) is 0 Å². The van der Waals surface area contributed by atoms with Gasteiger partial charge in [-0.1, -0.05) is 76.0 Å². The Labute approximate surface area is 211 Å². The van der Waals surface area contributed by atoms with Gasteiger partial charge in [0, 0.05) is 12.8 Å². The summed E-state index contributed by atoms with van der Waals surface area (Å²) < 4.78 is 25.8. The van der Waals surface area contributed by atoms with Crippen LogP contribution < -0.4 is 0 Å². The maximum Gasteiger partial charge on any atom is 0.469 e. The van der Waals surface area contributed by atoms with Crippen LogP contribution in [0.2, 0.25) is 0 Å². The van der Waals surface area contributed by atoms with Crippen molar-refractivity contribution in [3.63, 3.8) is 0 Å². The number of carbonyl (C=O) groups excluding carboxylic acids is 2. The fourth-order valence-corrected chi connectivity index (χ4v) is 3.39. The van der Waals surface area contributed by atoms with Gasteiger partial charge in [0.15, 0.2) is 6.10 Å². The molecule has 0 saturated heterocycles. The highest BCUT2D eigenvalue weighted by atomic mass is 31.2. The summed E-state index contributed by atoms with van der Waals surface area (Å²) in [6, 6.07) is 0. The average molecular weight is 517 g/mol. The van der Waals surface area contributed by atoms with Gasteiger partial charge in [0.05, 0.1) is 6.61 Å². The lowest BCUT2D eigenvalue weighted by Crippen LogP contribution is -2.29. The molecule has 202 valence electrons. The minimum absolute atomic E-state index is 0.176. The lowest BCUT2D eigenvalue weighted by Gasteiger charge is -2.18. The number of ether oxygens (including phenoxy) is 2. The van der Waals surface area contributed by atoms with Gasteiger partial charge < -0.3 is 19.3 Å². The number of esters is 2. The molecule has 0 aromatic rings. The van der Waals surface area contributed by atoms with Crippen LogP contribution in [-0.4, -0.2) is 41.0 Å². The van der Waals surface area contributed by atoms with Crippen LogP contribution >= 0.6 is 7.82 Å². The number of hydrogen-bond donors (Lipinski definition) is 2. The van der Waals surface area contributed by atoms with Gasteiger partial charge in [0.1, 0.15) is 6.61 Å². The first-order valence-corrected chi connectivity index (χ1v) is 14.3. The fraction of sp³-hybridized carbons (Fsp3) is 0.692. The number of phosphoric ester groups is 1. The Balaban J connectivity index is 4.15. The van der Waals surface area contributed by atoms with E-state index in [0.717, 1.165) is 57.8 Å². The third-order valence-electron chi connectivity index (χ3n) is 4.92. The molecule has 0 spiro atoms. The molecule has 1 atom stereocenters. The van der Waals surface area contributed by atoms with Crippen molar-refractivity contribution in [2.45, 2.75) is 103 Å². The average Bonchev–Trinajstić information content (AvgIpc) is 2.81. The van der Waals surface area contributed by atoms with Crippen molar-refractivity contribution in [3.05, 3.63) is 36.5 Å². The minimum atomic E-state index is -4.73. The normalized spacial score (nSPS) is 13.1. The molecule has 0 aromatic carbocycles. The van der Waals surface area contributed by atoms with Gasteiger partial charge in [0.25, 0.3) is 0 Å². The zero-order valence-electron chi connectivity index (χ0n) is 21.4. The summed E-state index contributed by atoms with van der Waals surface area (Å²) in [5.74, 6) is -0.948. The van der Waals surface area contributed by atoms with E-state index in [1.807, 2.05) is 0 Å². The highest BCUT2D eigenvalue weighted by Crippen LogP contribution is 2.35. The van der Waals surface area contributed by atoms with Gasteiger partial charge in [-0.05, 0) is 44.9 Å². The second-order valence-corrected chi connectivity index (χ2v) is 9.52. The van der Waals surface area contributed by atoms with Crippen molar-refractivity contribution in [2.75, 3.05) is 13.2 Å². The second-order valence-electron chi connectivity index (χ2n) is 8.29. The Bertz CT molecular complexity index is 681. The molecule has 0 aliphatic carbocycles. The molecular weight excluding hydrogens is 471 g/mol. The molecule has 0 aliphatic heterocycles. The van der Waals surface area contributed by atoms with Crippen LogP contribution in [0.3, 0.4) is 0 Å². The van der Waals surface area contributed by atoms with Crippen molar-refractivity contribution in [1.82, 2.24) is 0 Å². The van der Waals surface area contributed by atoms with Gasteiger partial charge in [-0.15, -0.1) is 0 Å². The smallest absolute Gasteiger partial charge is 0.462 e. The van der Waals surface area contributed by atoms with Crippen LogP contribution in [0.25, 0.3) is 0 Å². The predicted molar refractivity (Wildman–Crippen MR) is 138 cm³/mol. The van der Waals surface area contributed by atoms with Crippen molar-refractivity contribution < 1.29 is 37.9 Å². The zero-order valence-corrected chi connectivity index (χ0v) is 22.3. The summed E-state index contributed by atoms with van der Waals surface area (Å²) in [5, 5.41) is 0. The van der Waals surface area contributed by atoms with E-state index in [4.69, 9.17) is 19.3 Å². The molecular formula is C26H45O8P. The highest BCUT2D eigenvalue weighted by Gasteiger charge is 2.22. The third-order valence-corrected chi connectivity index (χ3v) is 5.41. The predicted octanol–water partition coefficient (Wildman–Crippen LogP) is 6.33. The van der Waals surface area contributed by atoms with Crippen LogP contribution in [0.5, 0.6) is 0 Å². The zero-order chi connectivity index (χ0) is 26.2. The SMILES string of the molecule is CC/C=C\C/C=C\C/C=C\CCCCCC(=O)OC(COC(=O)CCCCCC)COP(=O)(O)O. The number of phosphoric acid groups is 1. The molecule has 0 aliphatic rings. The van der Waals surface area contributed by atoms with Crippen molar-refractivity contribution in [3.8, 4) is 0 Å². The molecule has 0 aromatic heterocycles. The standard InChI is InChI=1S/C26H45O8P/c1-3-5-7-9-10-11-12-13-14-15-16-17-19-21-26(28)34-24(23-33-35(29,30)31)22-32-25(27)20-18-8-6-4-2/h5,7,10-11,13-14,24H,3-4,6,8-9,12,15-23H2,1-2H3,(H2,29,30,31)/b7-5-,11-10-,14-13-. The highest BCUT2D eigenvalue weighted by molar-refractivity contribution is 7.46. The van der Waals surface area contributed by atoms with Crippen LogP contribution in [0, 0.1) is 0 Å². The summed E-state index contributed by atoms with van der Waals surface area (Å²) in [6.07, 6.45) is 22.3. The first kappa shape index (κ1) is 33.3. The molecule has 0 rings (SSSR count). The van der Waals surface area contributed by atoms with E-state index in [2.05, 4.69) is 54.8 Å². The Morgan fingerprint density at radius 3 is 2.00 bits per heavy atom. The van der Waals surface area contributed by atoms with E-state index < -0.39 is 32.5 Å². The first-order valence-electron chi connectivity index (χ1n) is 12.8. The van der Waals surface area contributed by atoms with Gasteiger partial charge >= 0.3 is 19.8 Å². The van der Waals surface area contributed by atoms with Gasteiger partial charge in [0.2, 0.25) is 0 Å². The molecule has 35 heavy (non-hydrogen) atoms. The summed E-state index contributed by atoms with van der Waals surface area (Å²) in [4.78, 5) is 41.8. The second kappa shape index (κ2) is 22.7. The molecule has 2 N–H and O–H groups in total. The molecule has 1 unspecified atom stereocenters. The number of rotatable bonds is 22. The van der Waals surface area contributed by atoms with E-state index >= 15 is 0 Å². The number of allylic oxidation sites excluding steroid dienone is 6. The monoisotopic (exact) mass is 516 g/mol. The van der Waals surface area contributed by atoms with Crippen LogP contribution in [0.4, 0.5) is 0 Å². The topological polar surface area (TPSA) is 119 Å². The Kier molecular flexibility index (Phi) is 21.6. The summed E-state index contributed by atoms with van der Waals surface area (Å²) in [5.41, 5.74) is 0. The molecule has 0 fully saturated rings. The molecule has 9 heteroatoms. The van der Waals surface area contributed by atoms with Gasteiger partial charge in [-0.2, -0.15) is 0 Å². The Hall–Kier alpha value is -1.73. The van der Waals surface area contributed by atoms with Crippen LogP contribution in [-0.2, 0) is 28.2 Å².